The first-order valence-corrected chi connectivity index (χ1v) is 45.1. The van der Waals surface area contributed by atoms with Gasteiger partial charge in [-0.05, 0) is 161 Å². The quantitative estimate of drug-likeness (QED) is 0.0169. The number of unbranched alkanes of at least 4 members (excludes halogenated alkanes) is 28. The molecule has 0 radical (unpaired) electrons. The molecule has 0 aromatic rings. The van der Waals surface area contributed by atoms with Gasteiger partial charge < -0.3 is 33.8 Å². The van der Waals surface area contributed by atoms with Gasteiger partial charge in [0.25, 0.3) is 0 Å². The van der Waals surface area contributed by atoms with Crippen molar-refractivity contribution < 1.29 is 80.2 Å². The highest BCUT2D eigenvalue weighted by Gasteiger charge is 2.30. The van der Waals surface area contributed by atoms with Crippen LogP contribution in [0.5, 0.6) is 0 Å². The Morgan fingerprint density at radius 3 is 0.778 bits per heavy atom. The van der Waals surface area contributed by atoms with Crippen molar-refractivity contribution in [2.75, 3.05) is 39.6 Å². The van der Waals surface area contributed by atoms with Crippen LogP contribution in [-0.4, -0.2) is 96.7 Å². The van der Waals surface area contributed by atoms with Gasteiger partial charge in [0.15, 0.2) is 12.2 Å². The van der Waals surface area contributed by atoms with Crippen LogP contribution in [0.3, 0.4) is 0 Å². The van der Waals surface area contributed by atoms with Gasteiger partial charge in [0.2, 0.25) is 0 Å². The minimum Gasteiger partial charge on any atom is -0.462 e. The third kappa shape index (κ3) is 79.0. The van der Waals surface area contributed by atoms with E-state index in [2.05, 4.69) is 174 Å². The maximum absolute atomic E-state index is 13.1. The van der Waals surface area contributed by atoms with Crippen molar-refractivity contribution in [2.45, 2.75) is 354 Å². The fraction of sp³-hybridized carbons (Fsp3) is 0.685. The number of carbonyl (C=O) groups is 4. The van der Waals surface area contributed by atoms with Crippen molar-refractivity contribution in [1.82, 2.24) is 0 Å². The Morgan fingerprint density at radius 1 is 0.269 bits per heavy atom. The zero-order chi connectivity index (χ0) is 78.9. The van der Waals surface area contributed by atoms with Crippen LogP contribution in [0, 0.1) is 0 Å². The summed E-state index contributed by atoms with van der Waals surface area (Å²) in [5, 5.41) is 10.7. The Hall–Kier alpha value is -5.06. The number of phosphoric acid groups is 2. The number of phosphoric ester groups is 2. The number of rotatable bonds is 78. The van der Waals surface area contributed by atoms with Crippen molar-refractivity contribution in [3.05, 3.63) is 146 Å². The number of aliphatic hydroxyl groups excluding tert-OH is 1. The fourth-order valence-corrected chi connectivity index (χ4v) is 12.5. The molecule has 0 fully saturated rings. The Bertz CT molecular complexity index is 2610. The Balaban J connectivity index is 5.39. The molecular weight excluding hydrogens is 1400 g/mol. The van der Waals surface area contributed by atoms with Crippen LogP contribution in [0.15, 0.2) is 146 Å². The normalized spacial score (nSPS) is 14.5. The minimum atomic E-state index is -4.99. The molecule has 19 heteroatoms. The van der Waals surface area contributed by atoms with Crippen molar-refractivity contribution >= 4 is 39.5 Å². The third-order valence-electron chi connectivity index (χ3n) is 17.2. The van der Waals surface area contributed by atoms with E-state index < -0.39 is 97.5 Å². The number of esters is 4. The summed E-state index contributed by atoms with van der Waals surface area (Å²) in [4.78, 5) is 73.2. The van der Waals surface area contributed by atoms with Gasteiger partial charge in [-0.3, -0.25) is 37.3 Å². The molecule has 0 aliphatic heterocycles. The second-order valence-electron chi connectivity index (χ2n) is 27.6. The second-order valence-corrected chi connectivity index (χ2v) is 30.6. The third-order valence-corrected chi connectivity index (χ3v) is 19.2. The summed E-state index contributed by atoms with van der Waals surface area (Å²) >= 11 is 0. The first-order chi connectivity index (χ1) is 52.7. The number of ether oxygens (including phenoxy) is 4. The summed E-state index contributed by atoms with van der Waals surface area (Å²) in [6, 6.07) is 0. The second kappa shape index (κ2) is 80.0. The van der Waals surface area contributed by atoms with Crippen LogP contribution in [0.1, 0.15) is 336 Å². The lowest BCUT2D eigenvalue weighted by atomic mass is 10.1. The van der Waals surface area contributed by atoms with E-state index in [4.69, 9.17) is 37.0 Å². The molecule has 0 aromatic carbocycles. The highest BCUT2D eigenvalue weighted by molar-refractivity contribution is 7.47. The molecule has 0 saturated heterocycles. The van der Waals surface area contributed by atoms with Crippen LogP contribution < -0.4 is 0 Å². The van der Waals surface area contributed by atoms with E-state index in [0.29, 0.717) is 25.7 Å². The molecule has 618 valence electrons. The number of hydrogen-bond acceptors (Lipinski definition) is 15. The minimum absolute atomic E-state index is 0.0716. The molecule has 3 N–H and O–H groups in total. The molecule has 0 amide bonds. The van der Waals surface area contributed by atoms with E-state index in [0.717, 1.165) is 238 Å². The van der Waals surface area contributed by atoms with E-state index in [1.165, 1.54) is 19.3 Å². The maximum Gasteiger partial charge on any atom is 0.472 e. The lowest BCUT2D eigenvalue weighted by molar-refractivity contribution is -0.161. The zero-order valence-corrected chi connectivity index (χ0v) is 69.5. The summed E-state index contributed by atoms with van der Waals surface area (Å²) < 4.78 is 68.7. The molecule has 0 aromatic heterocycles. The van der Waals surface area contributed by atoms with Crippen molar-refractivity contribution in [2.24, 2.45) is 0 Å². The smallest absolute Gasteiger partial charge is 0.462 e. The number of allylic oxidation sites excluding steroid dienone is 24. The van der Waals surface area contributed by atoms with Gasteiger partial charge in [-0.15, -0.1) is 0 Å². The molecule has 108 heavy (non-hydrogen) atoms. The van der Waals surface area contributed by atoms with E-state index in [-0.39, 0.29) is 25.7 Å². The summed E-state index contributed by atoms with van der Waals surface area (Å²) in [6.45, 7) is 4.53. The largest absolute Gasteiger partial charge is 0.472 e. The predicted molar refractivity (Wildman–Crippen MR) is 445 cm³/mol. The van der Waals surface area contributed by atoms with Gasteiger partial charge in [0.05, 0.1) is 26.4 Å². The molecule has 0 spiro atoms. The van der Waals surface area contributed by atoms with Crippen LogP contribution in [0.2, 0.25) is 0 Å². The monoisotopic (exact) mass is 1550 g/mol. The van der Waals surface area contributed by atoms with Crippen molar-refractivity contribution in [1.29, 1.82) is 0 Å². The standard InChI is InChI=1S/C89H150O17P2/c1-5-9-13-17-21-25-29-33-36-39-41-44-46-50-53-57-61-65-69-73-86(91)99-79-84(105-88(93)75-71-67-63-59-55-49-32-28-24-20-16-12-8-4)81-103-107(95,96)101-77-83(90)78-102-108(97,98)104-82-85(106-89(94)76-72-68-64-60-56-52-48-43-38-35-31-27-23-19-15-11-7-3)80-100-87(92)74-70-66-62-58-54-51-47-45-42-40-37-34-30-26-22-18-14-10-6-2/h9,11,13,15-16,20-23,25-28,32-38,41-42,44-45,83-85,90H,5-8,10,12,14,17-19,24,29-31,39-40,43,46-82H2,1-4H3,(H,95,96)(H,97,98)/b13-9-,15-11-,20-16-,25-21-,26-22-,27-23-,32-28-,36-33-,37-34-,38-35-,44-41-,45-42-. The van der Waals surface area contributed by atoms with Crippen LogP contribution in [0.4, 0.5) is 0 Å². The number of carbonyl (C=O) groups excluding carboxylic acids is 4. The highest BCUT2D eigenvalue weighted by atomic mass is 31.2. The van der Waals surface area contributed by atoms with Gasteiger partial charge in [-0.1, -0.05) is 296 Å². The highest BCUT2D eigenvalue weighted by Crippen LogP contribution is 2.45. The topological polar surface area (TPSA) is 237 Å². The molecule has 17 nitrogen and oxygen atoms in total. The van der Waals surface area contributed by atoms with Crippen molar-refractivity contribution in [3.8, 4) is 0 Å². The van der Waals surface area contributed by atoms with E-state index in [1.54, 1.807) is 0 Å². The van der Waals surface area contributed by atoms with Gasteiger partial charge in [0.1, 0.15) is 19.3 Å². The molecule has 0 saturated carbocycles. The SMILES string of the molecule is CC/C=C\C/C=C\C/C=C\C/C=C\CCCCCCCCC(=O)OCC(COP(=O)(O)OCC(O)COP(=O)(O)OCC(COC(=O)CCCCCCCC/C=C\C/C=C\C/C=C\CCCCC)OC(=O)CCCCCCCCC/C=C\C/C=C\C/C=C\CC)OC(=O)CCCCCCC/C=C\C/C=C\CCC. The number of aliphatic hydroxyl groups is 1. The fourth-order valence-electron chi connectivity index (χ4n) is 10.9. The predicted octanol–water partition coefficient (Wildman–Crippen LogP) is 25.0. The Labute approximate surface area is 656 Å². The lowest BCUT2D eigenvalue weighted by Gasteiger charge is -2.21. The summed E-state index contributed by atoms with van der Waals surface area (Å²) in [6.07, 6.45) is 92.3. The Kier molecular flexibility index (Phi) is 76.3. The van der Waals surface area contributed by atoms with Crippen LogP contribution in [-0.2, 0) is 65.4 Å². The van der Waals surface area contributed by atoms with Gasteiger partial charge in [-0.25, -0.2) is 9.13 Å². The first kappa shape index (κ1) is 103. The van der Waals surface area contributed by atoms with Crippen LogP contribution >= 0.6 is 15.6 Å². The molecule has 5 atom stereocenters. The van der Waals surface area contributed by atoms with Crippen molar-refractivity contribution in [3.63, 3.8) is 0 Å². The molecule has 0 bridgehead atoms. The van der Waals surface area contributed by atoms with Gasteiger partial charge in [-0.2, -0.15) is 0 Å². The van der Waals surface area contributed by atoms with Crippen LogP contribution in [0.25, 0.3) is 0 Å². The molecule has 0 aliphatic rings. The summed E-state index contributed by atoms with van der Waals surface area (Å²) in [5.74, 6) is -2.23. The first-order valence-electron chi connectivity index (χ1n) is 42.1. The van der Waals surface area contributed by atoms with E-state index in [9.17, 15) is 43.2 Å². The number of hydrogen-bond donors (Lipinski definition) is 3. The molecule has 5 unspecified atom stereocenters. The zero-order valence-electron chi connectivity index (χ0n) is 67.7. The molecular formula is C89H150O17P2. The van der Waals surface area contributed by atoms with Gasteiger partial charge in [0, 0.05) is 25.7 Å². The van der Waals surface area contributed by atoms with E-state index in [1.807, 2.05) is 0 Å². The molecule has 0 rings (SSSR count). The summed E-state index contributed by atoms with van der Waals surface area (Å²) in [5.41, 5.74) is 0. The Morgan fingerprint density at radius 2 is 0.500 bits per heavy atom. The lowest BCUT2D eigenvalue weighted by Crippen LogP contribution is -2.30. The van der Waals surface area contributed by atoms with Gasteiger partial charge >= 0.3 is 39.5 Å². The maximum atomic E-state index is 13.1. The molecule has 0 heterocycles. The summed E-state index contributed by atoms with van der Waals surface area (Å²) in [7, 11) is -9.98. The molecule has 0 aliphatic carbocycles. The average molecular weight is 1550 g/mol. The average Bonchev–Trinajstić information content (AvgIpc) is 0.916. The van der Waals surface area contributed by atoms with E-state index >= 15 is 0 Å².